The van der Waals surface area contributed by atoms with Crippen molar-refractivity contribution in [2.45, 2.75) is 38.8 Å². The highest BCUT2D eigenvalue weighted by atomic mass is 16.2. The van der Waals surface area contributed by atoms with E-state index in [2.05, 4.69) is 31.1 Å². The normalized spacial score (nSPS) is 22.0. The van der Waals surface area contributed by atoms with E-state index in [-0.39, 0.29) is 12.0 Å². The quantitative estimate of drug-likeness (QED) is 0.916. The van der Waals surface area contributed by atoms with Crippen LogP contribution >= 0.6 is 0 Å². The Bertz CT molecular complexity index is 726. The number of hydrogen-bond donors (Lipinski definition) is 1. The van der Waals surface area contributed by atoms with E-state index in [0.717, 1.165) is 57.1 Å². The molecular weight excluding hydrogens is 316 g/mol. The highest BCUT2D eigenvalue weighted by Crippen LogP contribution is 2.33. The summed E-state index contributed by atoms with van der Waals surface area (Å²) in [4.78, 5) is 25.7. The highest BCUT2D eigenvalue weighted by Gasteiger charge is 2.36. The number of carbonyl (C=O) groups is 1. The number of rotatable bonds is 4. The Hall–Kier alpha value is -2.28. The molecule has 25 heavy (non-hydrogen) atoms. The Balaban J connectivity index is 1.54. The van der Waals surface area contributed by atoms with Crippen molar-refractivity contribution >= 4 is 5.91 Å². The van der Waals surface area contributed by atoms with Gasteiger partial charge in [0.25, 0.3) is 0 Å². The van der Waals surface area contributed by atoms with E-state index in [1.54, 1.807) is 6.20 Å². The van der Waals surface area contributed by atoms with E-state index in [1.165, 1.54) is 5.56 Å². The third-order valence-corrected chi connectivity index (χ3v) is 5.03. The molecule has 2 aromatic heterocycles. The Morgan fingerprint density at radius 2 is 2.16 bits per heavy atom. The summed E-state index contributed by atoms with van der Waals surface area (Å²) in [6.45, 7) is 5.08. The SMILES string of the molecule is Cc1nc(C2CCN(C(=O)C3CC3)CCN2Cc2cccnc2)n[nH]1. The number of pyridine rings is 1. The van der Waals surface area contributed by atoms with Crippen LogP contribution in [0.1, 0.15) is 42.5 Å². The Morgan fingerprint density at radius 1 is 1.28 bits per heavy atom. The van der Waals surface area contributed by atoms with Gasteiger partial charge in [0, 0.05) is 44.5 Å². The lowest BCUT2D eigenvalue weighted by Gasteiger charge is -2.27. The van der Waals surface area contributed by atoms with Gasteiger partial charge >= 0.3 is 0 Å². The van der Waals surface area contributed by atoms with Crippen molar-refractivity contribution in [1.82, 2.24) is 30.0 Å². The molecule has 0 radical (unpaired) electrons. The fourth-order valence-electron chi connectivity index (χ4n) is 3.50. The summed E-state index contributed by atoms with van der Waals surface area (Å²) in [5, 5.41) is 7.35. The van der Waals surface area contributed by atoms with Gasteiger partial charge in [0.05, 0.1) is 6.04 Å². The lowest BCUT2D eigenvalue weighted by Crippen LogP contribution is -2.36. The van der Waals surface area contributed by atoms with Crippen LogP contribution in [-0.4, -0.2) is 55.5 Å². The predicted octanol–water partition coefficient (Wildman–Crippen LogP) is 1.69. The van der Waals surface area contributed by atoms with Gasteiger partial charge in [0.2, 0.25) is 5.91 Å². The van der Waals surface area contributed by atoms with Crippen LogP contribution in [0, 0.1) is 12.8 Å². The molecule has 1 unspecified atom stereocenters. The van der Waals surface area contributed by atoms with Gasteiger partial charge in [0.15, 0.2) is 5.82 Å². The smallest absolute Gasteiger partial charge is 0.225 e. The average Bonchev–Trinajstić information content (AvgIpc) is 3.41. The number of carbonyl (C=O) groups excluding carboxylic acids is 1. The number of hydrogen-bond acceptors (Lipinski definition) is 5. The molecule has 4 rings (SSSR count). The third-order valence-electron chi connectivity index (χ3n) is 5.03. The van der Waals surface area contributed by atoms with Gasteiger partial charge in [-0.2, -0.15) is 5.10 Å². The Labute approximate surface area is 147 Å². The van der Waals surface area contributed by atoms with Crippen molar-refractivity contribution in [1.29, 1.82) is 0 Å². The van der Waals surface area contributed by atoms with E-state index in [0.29, 0.717) is 5.91 Å². The van der Waals surface area contributed by atoms with Gasteiger partial charge in [-0.05, 0) is 37.8 Å². The molecule has 2 fully saturated rings. The van der Waals surface area contributed by atoms with Gasteiger partial charge < -0.3 is 4.90 Å². The number of H-pyrrole nitrogens is 1. The van der Waals surface area contributed by atoms with Crippen LogP contribution in [-0.2, 0) is 11.3 Å². The second kappa shape index (κ2) is 6.92. The standard InChI is InChI=1S/C18H24N6O/c1-13-20-17(22-21-13)16-6-8-23(18(25)15-4-5-15)9-10-24(16)12-14-3-2-7-19-11-14/h2-3,7,11,15-16H,4-6,8-10,12H2,1H3,(H,20,21,22). The molecule has 0 aromatic carbocycles. The summed E-state index contributed by atoms with van der Waals surface area (Å²) in [6.07, 6.45) is 6.66. The average molecular weight is 340 g/mol. The van der Waals surface area contributed by atoms with Crippen molar-refractivity contribution in [3.05, 3.63) is 41.7 Å². The molecule has 1 saturated carbocycles. The molecule has 1 atom stereocenters. The van der Waals surface area contributed by atoms with Gasteiger partial charge in [-0.25, -0.2) is 4.98 Å². The molecule has 1 aliphatic carbocycles. The van der Waals surface area contributed by atoms with E-state index in [4.69, 9.17) is 0 Å². The molecule has 1 amide bonds. The summed E-state index contributed by atoms with van der Waals surface area (Å²) in [7, 11) is 0. The van der Waals surface area contributed by atoms with Crippen molar-refractivity contribution in [2.75, 3.05) is 19.6 Å². The molecule has 1 aliphatic heterocycles. The van der Waals surface area contributed by atoms with Gasteiger partial charge in [-0.1, -0.05) is 6.07 Å². The first-order valence-electron chi connectivity index (χ1n) is 9.01. The van der Waals surface area contributed by atoms with Crippen LogP contribution in [0.4, 0.5) is 0 Å². The summed E-state index contributed by atoms with van der Waals surface area (Å²) in [5.41, 5.74) is 1.17. The maximum Gasteiger partial charge on any atom is 0.225 e. The molecule has 3 heterocycles. The number of amides is 1. The van der Waals surface area contributed by atoms with Crippen LogP contribution in [0.2, 0.25) is 0 Å². The van der Waals surface area contributed by atoms with Crippen LogP contribution in [0.5, 0.6) is 0 Å². The number of nitrogens with one attached hydrogen (secondary N) is 1. The number of aromatic nitrogens is 4. The maximum absolute atomic E-state index is 12.5. The first-order chi connectivity index (χ1) is 12.2. The van der Waals surface area contributed by atoms with Crippen molar-refractivity contribution < 1.29 is 4.79 Å². The molecular formula is C18H24N6O. The zero-order valence-electron chi connectivity index (χ0n) is 14.6. The summed E-state index contributed by atoms with van der Waals surface area (Å²) < 4.78 is 0. The van der Waals surface area contributed by atoms with Gasteiger partial charge in [-0.3, -0.25) is 19.8 Å². The maximum atomic E-state index is 12.5. The third kappa shape index (κ3) is 3.71. The topological polar surface area (TPSA) is 78.0 Å². The summed E-state index contributed by atoms with van der Waals surface area (Å²) in [5.74, 6) is 2.25. The van der Waals surface area contributed by atoms with Crippen LogP contribution in [0.3, 0.4) is 0 Å². The number of aromatic amines is 1. The largest absolute Gasteiger partial charge is 0.341 e. The molecule has 2 aromatic rings. The second-order valence-electron chi connectivity index (χ2n) is 7.01. The van der Waals surface area contributed by atoms with Crippen molar-refractivity contribution in [3.8, 4) is 0 Å². The molecule has 0 bridgehead atoms. The molecule has 132 valence electrons. The first-order valence-corrected chi connectivity index (χ1v) is 9.01. The zero-order chi connectivity index (χ0) is 17.2. The fraction of sp³-hybridized carbons (Fsp3) is 0.556. The van der Waals surface area contributed by atoms with Crippen molar-refractivity contribution in [3.63, 3.8) is 0 Å². The van der Waals surface area contributed by atoms with Crippen molar-refractivity contribution in [2.24, 2.45) is 5.92 Å². The Kier molecular flexibility index (Phi) is 4.48. The lowest BCUT2D eigenvalue weighted by atomic mass is 10.1. The number of aryl methyl sites for hydroxylation is 1. The van der Waals surface area contributed by atoms with E-state index in [9.17, 15) is 4.79 Å². The lowest BCUT2D eigenvalue weighted by molar-refractivity contribution is -0.132. The molecule has 1 saturated heterocycles. The minimum Gasteiger partial charge on any atom is -0.341 e. The zero-order valence-corrected chi connectivity index (χ0v) is 14.6. The fourth-order valence-corrected chi connectivity index (χ4v) is 3.50. The predicted molar refractivity (Wildman–Crippen MR) is 92.4 cm³/mol. The van der Waals surface area contributed by atoms with Crippen LogP contribution in [0.15, 0.2) is 24.5 Å². The molecule has 7 nitrogen and oxygen atoms in total. The second-order valence-corrected chi connectivity index (χ2v) is 7.01. The molecule has 1 N–H and O–H groups in total. The Morgan fingerprint density at radius 3 is 2.84 bits per heavy atom. The first kappa shape index (κ1) is 16.2. The molecule has 2 aliphatic rings. The van der Waals surface area contributed by atoms with E-state index < -0.39 is 0 Å². The van der Waals surface area contributed by atoms with E-state index >= 15 is 0 Å². The highest BCUT2D eigenvalue weighted by molar-refractivity contribution is 5.81. The molecule has 0 spiro atoms. The van der Waals surface area contributed by atoms with Crippen LogP contribution in [0.25, 0.3) is 0 Å². The van der Waals surface area contributed by atoms with Crippen LogP contribution < -0.4 is 0 Å². The van der Waals surface area contributed by atoms with Gasteiger partial charge in [-0.15, -0.1) is 0 Å². The number of nitrogens with zero attached hydrogens (tertiary/aromatic N) is 5. The minimum absolute atomic E-state index is 0.113. The minimum atomic E-state index is 0.113. The monoisotopic (exact) mass is 340 g/mol. The summed E-state index contributed by atoms with van der Waals surface area (Å²) >= 11 is 0. The summed E-state index contributed by atoms with van der Waals surface area (Å²) in [6, 6.07) is 4.16. The molecule has 7 heteroatoms. The van der Waals surface area contributed by atoms with Gasteiger partial charge in [0.1, 0.15) is 5.82 Å². The van der Waals surface area contributed by atoms with E-state index in [1.807, 2.05) is 24.1 Å².